The molecular formula is C25H52N2O2. The van der Waals surface area contributed by atoms with Gasteiger partial charge >= 0.3 is 0 Å². The first-order chi connectivity index (χ1) is 12.3. The predicted molar refractivity (Wildman–Crippen MR) is 125 cm³/mol. The Morgan fingerprint density at radius 3 is 1.34 bits per heavy atom. The number of aliphatic hydroxyl groups excluding tert-OH is 1. The molecule has 174 valence electrons. The Morgan fingerprint density at radius 1 is 0.690 bits per heavy atom. The summed E-state index contributed by atoms with van der Waals surface area (Å²) in [6.45, 7) is 15.7. The van der Waals surface area contributed by atoms with Crippen molar-refractivity contribution in [2.24, 2.45) is 0 Å². The summed E-state index contributed by atoms with van der Waals surface area (Å²) in [5.41, 5.74) is 0.141. The van der Waals surface area contributed by atoms with Crippen LogP contribution < -0.4 is 0 Å². The zero-order chi connectivity index (χ0) is 20.2. The molecule has 0 aliphatic carbocycles. The largest absolute Gasteiger partial charge is 0.393 e. The maximum atomic E-state index is 10.1. The molecule has 4 rings (SSSR count). The van der Waals surface area contributed by atoms with Crippen LogP contribution in [0.15, 0.2) is 0 Å². The van der Waals surface area contributed by atoms with Crippen LogP contribution in [0.4, 0.5) is 0 Å². The predicted octanol–water partition coefficient (Wildman–Crippen LogP) is 5.21. The molecule has 4 aliphatic heterocycles. The number of rotatable bonds is 0. The second kappa shape index (κ2) is 9.14. The maximum Gasteiger partial charge on any atom is 0.0649 e. The summed E-state index contributed by atoms with van der Waals surface area (Å²) >= 11 is 0. The molecule has 0 saturated carbocycles. The van der Waals surface area contributed by atoms with Crippen molar-refractivity contribution in [3.8, 4) is 0 Å². The van der Waals surface area contributed by atoms with E-state index in [9.17, 15) is 10.2 Å². The van der Waals surface area contributed by atoms with Crippen LogP contribution in [-0.4, -0.2) is 67.0 Å². The van der Waals surface area contributed by atoms with Gasteiger partial charge in [-0.2, -0.15) is 0 Å². The van der Waals surface area contributed by atoms with E-state index in [1.165, 1.54) is 25.7 Å². The fraction of sp³-hybridized carbons (Fsp3) is 1.00. The molecule has 0 radical (unpaired) electrons. The number of nitrogens with zero attached hydrogens (tertiary/aromatic N) is 2. The first-order valence-corrected chi connectivity index (χ1v) is 11.3. The molecular weight excluding hydrogens is 360 g/mol. The molecule has 0 aromatic heterocycles. The molecule has 0 spiro atoms. The molecule has 0 aromatic carbocycles. The van der Waals surface area contributed by atoms with E-state index in [1.807, 2.05) is 6.92 Å². The van der Waals surface area contributed by atoms with Crippen molar-refractivity contribution in [3.63, 3.8) is 0 Å². The lowest BCUT2D eigenvalue weighted by molar-refractivity contribution is -0.0673. The third-order valence-electron chi connectivity index (χ3n) is 7.23. The third-order valence-corrected chi connectivity index (χ3v) is 7.23. The van der Waals surface area contributed by atoms with Gasteiger partial charge in [0.15, 0.2) is 0 Å². The maximum absolute atomic E-state index is 10.1. The van der Waals surface area contributed by atoms with Crippen LogP contribution in [0.2, 0.25) is 0 Å². The number of aliphatic hydroxyl groups is 2. The molecule has 4 aliphatic rings. The fourth-order valence-corrected chi connectivity index (χ4v) is 6.80. The summed E-state index contributed by atoms with van der Waals surface area (Å²) < 4.78 is 0. The zero-order valence-corrected chi connectivity index (χ0v) is 18.8. The van der Waals surface area contributed by atoms with Crippen molar-refractivity contribution >= 4 is 0 Å². The summed E-state index contributed by atoms with van der Waals surface area (Å²) in [7, 11) is 0. The molecule has 0 aromatic rings. The Kier molecular flexibility index (Phi) is 8.47. The molecule has 4 heteroatoms. The fourth-order valence-electron chi connectivity index (χ4n) is 6.80. The Bertz CT molecular complexity index is 490. The Morgan fingerprint density at radius 2 is 1.00 bits per heavy atom. The lowest BCUT2D eigenvalue weighted by atomic mass is 9.85. The molecule has 4 saturated heterocycles. The summed E-state index contributed by atoms with van der Waals surface area (Å²) in [6, 6.07) is 2.52. The highest BCUT2D eigenvalue weighted by Gasteiger charge is 2.48. The van der Waals surface area contributed by atoms with Gasteiger partial charge in [0, 0.05) is 35.2 Å². The minimum absolute atomic E-state index is 0. The van der Waals surface area contributed by atoms with Gasteiger partial charge in [-0.15, -0.1) is 0 Å². The van der Waals surface area contributed by atoms with Gasteiger partial charge in [0.05, 0.1) is 11.7 Å². The van der Waals surface area contributed by atoms with Crippen LogP contribution in [0.25, 0.3) is 0 Å². The molecule has 29 heavy (non-hydrogen) atoms. The minimum Gasteiger partial charge on any atom is -0.393 e. The Hall–Kier alpha value is -0.160. The van der Waals surface area contributed by atoms with E-state index < -0.39 is 5.60 Å². The van der Waals surface area contributed by atoms with Gasteiger partial charge in [0.25, 0.3) is 0 Å². The van der Waals surface area contributed by atoms with E-state index in [-0.39, 0.29) is 32.0 Å². The molecule has 4 fully saturated rings. The average molecular weight is 413 g/mol. The van der Waals surface area contributed by atoms with Gasteiger partial charge in [-0.1, -0.05) is 14.9 Å². The van der Waals surface area contributed by atoms with Gasteiger partial charge in [-0.3, -0.25) is 9.80 Å². The van der Waals surface area contributed by atoms with Gasteiger partial charge in [0.1, 0.15) is 0 Å². The van der Waals surface area contributed by atoms with Crippen LogP contribution >= 0.6 is 0 Å². The highest BCUT2D eigenvalue weighted by Crippen LogP contribution is 2.44. The second-order valence-electron chi connectivity index (χ2n) is 12.0. The van der Waals surface area contributed by atoms with Crippen LogP contribution in [0.3, 0.4) is 0 Å². The lowest BCUT2D eigenvalue weighted by Gasteiger charge is -2.48. The smallest absolute Gasteiger partial charge is 0.0649 e. The summed E-state index contributed by atoms with van der Waals surface area (Å²) in [5, 5.41) is 19.8. The number of hydrogen-bond acceptors (Lipinski definition) is 4. The number of piperidine rings is 2. The Balaban J connectivity index is 0.000000272. The van der Waals surface area contributed by atoms with Crippen molar-refractivity contribution in [2.45, 2.75) is 162 Å². The normalized spacial score (nSPS) is 39.8. The summed E-state index contributed by atoms with van der Waals surface area (Å²) in [6.07, 6.45) is 9.01. The van der Waals surface area contributed by atoms with Crippen LogP contribution in [0.1, 0.15) is 115 Å². The molecule has 4 heterocycles. The van der Waals surface area contributed by atoms with E-state index in [0.29, 0.717) is 24.2 Å². The second-order valence-corrected chi connectivity index (χ2v) is 12.0. The van der Waals surface area contributed by atoms with Crippen LogP contribution in [0, 0.1) is 0 Å². The highest BCUT2D eigenvalue weighted by molar-refractivity contribution is 5.04. The number of hydrogen-bond donors (Lipinski definition) is 2. The van der Waals surface area contributed by atoms with E-state index in [1.54, 1.807) is 0 Å². The molecule has 0 amide bonds. The SMILES string of the molecule is C.C.CC(C)(C)N1C2CCC1CC(O)C2.CC1(O)CC2CCC(C1)N2C(C)(C)C. The van der Waals surface area contributed by atoms with Crippen molar-refractivity contribution in [1.82, 2.24) is 9.80 Å². The third kappa shape index (κ3) is 5.96. The van der Waals surface area contributed by atoms with E-state index >= 15 is 0 Å². The first kappa shape index (κ1) is 26.9. The zero-order valence-electron chi connectivity index (χ0n) is 18.8. The van der Waals surface area contributed by atoms with Crippen LogP contribution in [0.5, 0.6) is 0 Å². The molecule has 4 unspecified atom stereocenters. The molecule has 4 bridgehead atoms. The van der Waals surface area contributed by atoms with Crippen molar-refractivity contribution < 1.29 is 10.2 Å². The minimum atomic E-state index is -0.409. The monoisotopic (exact) mass is 412 g/mol. The van der Waals surface area contributed by atoms with E-state index in [4.69, 9.17) is 0 Å². The Labute approximate surface area is 182 Å². The first-order valence-electron chi connectivity index (χ1n) is 11.3. The highest BCUT2D eigenvalue weighted by atomic mass is 16.3. The van der Waals surface area contributed by atoms with Crippen molar-refractivity contribution in [3.05, 3.63) is 0 Å². The van der Waals surface area contributed by atoms with Gasteiger partial charge < -0.3 is 10.2 Å². The van der Waals surface area contributed by atoms with Crippen molar-refractivity contribution in [2.75, 3.05) is 0 Å². The lowest BCUT2D eigenvalue weighted by Crippen LogP contribution is -2.56. The molecule has 2 N–H and O–H groups in total. The van der Waals surface area contributed by atoms with Crippen LogP contribution in [-0.2, 0) is 0 Å². The summed E-state index contributed by atoms with van der Waals surface area (Å²) in [5.74, 6) is 0. The molecule has 4 nitrogen and oxygen atoms in total. The number of fused-ring (bicyclic) bond motifs is 4. The van der Waals surface area contributed by atoms with Gasteiger partial charge in [-0.25, -0.2) is 0 Å². The summed E-state index contributed by atoms with van der Waals surface area (Å²) in [4.78, 5) is 5.25. The van der Waals surface area contributed by atoms with Gasteiger partial charge in [-0.05, 0) is 99.8 Å². The molecule has 4 atom stereocenters. The average Bonchev–Trinajstić information content (AvgIpc) is 2.92. The van der Waals surface area contributed by atoms with E-state index in [2.05, 4.69) is 51.3 Å². The van der Waals surface area contributed by atoms with Gasteiger partial charge in [0.2, 0.25) is 0 Å². The topological polar surface area (TPSA) is 46.9 Å². The quantitative estimate of drug-likeness (QED) is 0.573. The standard InChI is InChI=1S/C12H23NO.C11H21NO.2CH4/c1-11(2,3)13-9-5-6-10(13)8-12(4,14)7-9;1-11(2,3)12-8-4-5-9(12)7-10(13)6-8;;/h9-10,14H,5-8H2,1-4H3;8-10,13H,4-7H2,1-3H3;2*1H4. The van der Waals surface area contributed by atoms with Crippen molar-refractivity contribution in [1.29, 1.82) is 0 Å². The van der Waals surface area contributed by atoms with E-state index in [0.717, 1.165) is 25.7 Å².